The molecule has 1 unspecified atom stereocenters. The molecule has 5 N–H and O–H groups in total. The number of benzene rings is 2. The lowest BCUT2D eigenvalue weighted by Crippen LogP contribution is -2.32. The number of amides is 3. The molecule has 0 spiro atoms. The summed E-state index contributed by atoms with van der Waals surface area (Å²) in [6.07, 6.45) is 1.42. The number of ether oxygens (including phenoxy) is 1. The fourth-order valence-corrected chi connectivity index (χ4v) is 4.61. The molecule has 4 rings (SSSR count). The van der Waals surface area contributed by atoms with E-state index >= 15 is 0 Å². The van der Waals surface area contributed by atoms with Gasteiger partial charge in [-0.3, -0.25) is 10.1 Å². The van der Waals surface area contributed by atoms with E-state index in [4.69, 9.17) is 10.5 Å². The Bertz CT molecular complexity index is 1220. The van der Waals surface area contributed by atoms with Crippen LogP contribution in [0.1, 0.15) is 53.0 Å². The monoisotopic (exact) mass is 493 g/mol. The highest BCUT2D eigenvalue weighted by Gasteiger charge is 2.31. The Balaban J connectivity index is 0.000000205. The third kappa shape index (κ3) is 6.10. The number of aromatic nitrogens is 2. The molecule has 2 aromatic carbocycles. The average Bonchev–Trinajstić information content (AvgIpc) is 3.14. The zero-order chi connectivity index (χ0) is 26.5. The molecular formula is C27H35N5O4. The smallest absolute Gasteiger partial charge is 0.317 e. The largest absolute Gasteiger partial charge is 0.393 e. The lowest BCUT2D eigenvalue weighted by Gasteiger charge is -2.35. The summed E-state index contributed by atoms with van der Waals surface area (Å²) < 4.78 is 6.61. The zero-order valence-corrected chi connectivity index (χ0v) is 21.5. The van der Waals surface area contributed by atoms with Crippen molar-refractivity contribution in [3.8, 4) is 5.69 Å². The molecule has 192 valence electrons. The summed E-state index contributed by atoms with van der Waals surface area (Å²) in [6, 6.07) is 14.9. The Morgan fingerprint density at radius 2 is 1.92 bits per heavy atom. The van der Waals surface area contributed by atoms with Crippen LogP contribution in [0.25, 0.3) is 5.69 Å². The predicted molar refractivity (Wildman–Crippen MR) is 139 cm³/mol. The number of para-hydroxylation sites is 1. The topological polar surface area (TPSA) is 132 Å². The maximum absolute atomic E-state index is 11.8. The van der Waals surface area contributed by atoms with Gasteiger partial charge in [0.1, 0.15) is 5.82 Å². The van der Waals surface area contributed by atoms with Gasteiger partial charge in [0.15, 0.2) is 5.69 Å². The van der Waals surface area contributed by atoms with Crippen LogP contribution in [0.2, 0.25) is 0 Å². The first-order valence-electron chi connectivity index (χ1n) is 11.8. The number of nitrogens with one attached hydrogen (secondary N) is 2. The molecule has 1 atom stereocenters. The molecular weight excluding hydrogens is 458 g/mol. The van der Waals surface area contributed by atoms with Crippen LogP contribution in [0.5, 0.6) is 0 Å². The van der Waals surface area contributed by atoms with Crippen molar-refractivity contribution in [2.75, 3.05) is 19.5 Å². The quantitative estimate of drug-likeness (QED) is 0.432. The van der Waals surface area contributed by atoms with E-state index in [-0.39, 0.29) is 23.1 Å². The maximum Gasteiger partial charge on any atom is 0.317 e. The van der Waals surface area contributed by atoms with Crippen LogP contribution < -0.4 is 16.4 Å². The Morgan fingerprint density at radius 1 is 1.22 bits per heavy atom. The number of hydrogen-bond acceptors (Lipinski definition) is 5. The van der Waals surface area contributed by atoms with Crippen LogP contribution in [0, 0.1) is 6.92 Å². The van der Waals surface area contributed by atoms with Crippen LogP contribution in [0.4, 0.5) is 10.6 Å². The first kappa shape index (κ1) is 26.9. The minimum atomic E-state index is -0.714. The van der Waals surface area contributed by atoms with Gasteiger partial charge in [0.2, 0.25) is 0 Å². The highest BCUT2D eigenvalue weighted by molar-refractivity contribution is 5.97. The second kappa shape index (κ2) is 11.4. The number of urea groups is 1. The van der Waals surface area contributed by atoms with Crippen molar-refractivity contribution in [2.45, 2.75) is 51.7 Å². The van der Waals surface area contributed by atoms with Gasteiger partial charge in [-0.15, -0.1) is 0 Å². The van der Waals surface area contributed by atoms with Crippen molar-refractivity contribution in [2.24, 2.45) is 5.73 Å². The SMILES string of the molecule is CNC(=O)c1nn(-c2ccccc2)c(NC(N)=O)c1C.COCc1ccc2c(c1)CC(O)CC2(C)C. The summed E-state index contributed by atoms with van der Waals surface area (Å²) in [5.74, 6) is 0.0481. The standard InChI is InChI=1S/C14H20O2.C13H15N5O2/c1-14(2)8-12(15)7-11-6-10(9-16-3)4-5-13(11)14;1-8-10(12(19)15-2)17-18(11(8)16-13(14)20)9-6-4-3-5-7-9/h4-6,12,15H,7-9H2,1-3H3;3-7H,1-2H3,(H,15,19)(H3,14,16,20). The fourth-order valence-electron chi connectivity index (χ4n) is 4.61. The van der Waals surface area contributed by atoms with Gasteiger partial charge in [0, 0.05) is 19.7 Å². The third-order valence-corrected chi connectivity index (χ3v) is 6.22. The maximum atomic E-state index is 11.8. The van der Waals surface area contributed by atoms with Gasteiger partial charge in [0.25, 0.3) is 5.91 Å². The zero-order valence-electron chi connectivity index (χ0n) is 21.5. The van der Waals surface area contributed by atoms with E-state index in [1.807, 2.05) is 30.3 Å². The number of anilines is 1. The molecule has 0 bridgehead atoms. The van der Waals surface area contributed by atoms with E-state index < -0.39 is 6.03 Å². The lowest BCUT2D eigenvalue weighted by molar-refractivity contribution is 0.0957. The second-order valence-corrected chi connectivity index (χ2v) is 9.51. The number of carbonyl (C=O) groups is 2. The summed E-state index contributed by atoms with van der Waals surface area (Å²) in [5, 5.41) is 19.1. The lowest BCUT2D eigenvalue weighted by atomic mass is 9.71. The van der Waals surface area contributed by atoms with E-state index in [2.05, 4.69) is 47.8 Å². The minimum Gasteiger partial charge on any atom is -0.393 e. The molecule has 1 aliphatic rings. The van der Waals surface area contributed by atoms with Gasteiger partial charge in [0.05, 0.1) is 18.4 Å². The first-order valence-corrected chi connectivity index (χ1v) is 11.8. The summed E-state index contributed by atoms with van der Waals surface area (Å²) in [5.41, 5.74) is 10.6. The highest BCUT2D eigenvalue weighted by atomic mass is 16.5. The number of rotatable bonds is 5. The van der Waals surface area contributed by atoms with Gasteiger partial charge in [-0.2, -0.15) is 5.10 Å². The molecule has 3 amide bonds. The summed E-state index contributed by atoms with van der Waals surface area (Å²) in [7, 11) is 3.22. The Labute approximate surface area is 211 Å². The number of nitrogens with zero attached hydrogens (tertiary/aromatic N) is 2. The highest BCUT2D eigenvalue weighted by Crippen LogP contribution is 2.37. The molecule has 0 fully saturated rings. The number of hydrogen-bond donors (Lipinski definition) is 4. The summed E-state index contributed by atoms with van der Waals surface area (Å²) in [4.78, 5) is 22.9. The molecule has 3 aromatic rings. The van der Waals surface area contributed by atoms with E-state index in [9.17, 15) is 14.7 Å². The number of nitrogens with two attached hydrogens (primary N) is 1. The van der Waals surface area contributed by atoms with E-state index in [0.717, 1.165) is 18.5 Å². The first-order chi connectivity index (χ1) is 17.1. The molecule has 0 saturated carbocycles. The Kier molecular flexibility index (Phi) is 8.49. The van der Waals surface area contributed by atoms with Crippen molar-refractivity contribution >= 4 is 17.8 Å². The second-order valence-electron chi connectivity index (χ2n) is 9.51. The number of carbonyl (C=O) groups excluding carboxylic acids is 2. The molecule has 1 aromatic heterocycles. The van der Waals surface area contributed by atoms with Crippen LogP contribution in [-0.2, 0) is 23.2 Å². The third-order valence-electron chi connectivity index (χ3n) is 6.22. The molecule has 0 aliphatic heterocycles. The van der Waals surface area contributed by atoms with E-state index in [1.54, 1.807) is 14.0 Å². The molecule has 0 radical (unpaired) electrons. The van der Waals surface area contributed by atoms with Gasteiger partial charge in [-0.25, -0.2) is 9.48 Å². The van der Waals surface area contributed by atoms with Crippen molar-refractivity contribution in [1.82, 2.24) is 15.1 Å². The normalized spacial score (nSPS) is 15.8. The number of aliphatic hydroxyl groups excluding tert-OH is 1. The van der Waals surface area contributed by atoms with Gasteiger partial charge >= 0.3 is 6.03 Å². The van der Waals surface area contributed by atoms with Crippen LogP contribution in [-0.4, -0.2) is 47.1 Å². The van der Waals surface area contributed by atoms with Crippen LogP contribution in [0.15, 0.2) is 48.5 Å². The molecule has 36 heavy (non-hydrogen) atoms. The molecule has 9 nitrogen and oxygen atoms in total. The van der Waals surface area contributed by atoms with Gasteiger partial charge in [-0.1, -0.05) is 50.2 Å². The van der Waals surface area contributed by atoms with Crippen LogP contribution >= 0.6 is 0 Å². The molecule has 9 heteroatoms. The van der Waals surface area contributed by atoms with Crippen molar-refractivity contribution in [3.05, 3.63) is 76.5 Å². The molecule has 1 heterocycles. The number of aliphatic hydroxyl groups is 1. The molecule has 0 saturated heterocycles. The average molecular weight is 494 g/mol. The van der Waals surface area contributed by atoms with Crippen molar-refractivity contribution < 1.29 is 19.4 Å². The molecule has 1 aliphatic carbocycles. The van der Waals surface area contributed by atoms with E-state index in [0.29, 0.717) is 18.0 Å². The summed E-state index contributed by atoms with van der Waals surface area (Å²) in [6.45, 7) is 6.74. The number of fused-ring (bicyclic) bond motifs is 1. The number of methoxy groups -OCH3 is 1. The Hall–Kier alpha value is -3.69. The van der Waals surface area contributed by atoms with Crippen molar-refractivity contribution in [3.63, 3.8) is 0 Å². The van der Waals surface area contributed by atoms with Gasteiger partial charge in [-0.05, 0) is 54.0 Å². The van der Waals surface area contributed by atoms with Crippen LogP contribution in [0.3, 0.4) is 0 Å². The Morgan fingerprint density at radius 3 is 2.53 bits per heavy atom. The summed E-state index contributed by atoms with van der Waals surface area (Å²) >= 11 is 0. The fraction of sp³-hybridized carbons (Fsp3) is 0.370. The van der Waals surface area contributed by atoms with Crippen molar-refractivity contribution in [1.29, 1.82) is 0 Å². The predicted octanol–water partition coefficient (Wildman–Crippen LogP) is 3.45. The van der Waals surface area contributed by atoms with Gasteiger partial charge < -0.3 is 20.9 Å². The minimum absolute atomic E-state index is 0.0819. The number of primary amides is 1. The van der Waals surface area contributed by atoms with E-state index in [1.165, 1.54) is 28.4 Å².